The molecule has 1 heterocycles. The first kappa shape index (κ1) is 18.1. The second kappa shape index (κ2) is 7.78. The summed E-state index contributed by atoms with van der Waals surface area (Å²) in [6.07, 6.45) is 0. The number of benzene rings is 3. The molecule has 0 saturated heterocycles. The maximum atomic E-state index is 12.6. The van der Waals surface area contributed by atoms with Crippen LogP contribution in [0.1, 0.15) is 17.4 Å². The third-order valence-electron chi connectivity index (χ3n) is 4.42. The minimum atomic E-state index is -1.17. The van der Waals surface area contributed by atoms with E-state index in [9.17, 15) is 9.00 Å². The molecule has 0 saturated carbocycles. The number of carbonyl (C=O) groups is 1. The molecule has 3 aromatic carbocycles. The summed E-state index contributed by atoms with van der Waals surface area (Å²) in [5.41, 5.74) is 1.53. The summed E-state index contributed by atoms with van der Waals surface area (Å²) in [6, 6.07) is 22.6. The van der Waals surface area contributed by atoms with Crippen molar-refractivity contribution in [1.82, 2.24) is 5.16 Å². The Bertz CT molecular complexity index is 1180. The van der Waals surface area contributed by atoms with Crippen LogP contribution in [0.3, 0.4) is 0 Å². The van der Waals surface area contributed by atoms with E-state index in [1.807, 2.05) is 49.4 Å². The number of aromatic nitrogens is 1. The lowest BCUT2D eigenvalue weighted by Gasteiger charge is -2.08. The standard InChI is InChI=1S/C22H18N2O3S/c1-2-28(26)21-10-6-5-9-18(21)23-22(25)19-14-20(27-24-19)17-12-11-15-7-3-4-8-16(15)13-17/h3-14H,2H2,1H3,(H,23,25). The van der Waals surface area contributed by atoms with Crippen LogP contribution in [0.2, 0.25) is 0 Å². The molecule has 1 atom stereocenters. The number of hydrogen-bond donors (Lipinski definition) is 1. The minimum absolute atomic E-state index is 0.167. The Morgan fingerprint density at radius 3 is 2.57 bits per heavy atom. The van der Waals surface area contributed by atoms with E-state index < -0.39 is 16.7 Å². The van der Waals surface area contributed by atoms with Gasteiger partial charge in [-0.05, 0) is 29.0 Å². The molecule has 4 rings (SSSR count). The topological polar surface area (TPSA) is 72.2 Å². The maximum absolute atomic E-state index is 12.6. The van der Waals surface area contributed by atoms with Crippen LogP contribution in [0.4, 0.5) is 5.69 Å². The Kier molecular flexibility index (Phi) is 5.04. The van der Waals surface area contributed by atoms with Gasteiger partial charge in [-0.3, -0.25) is 9.00 Å². The van der Waals surface area contributed by atoms with Gasteiger partial charge in [-0.25, -0.2) is 0 Å². The van der Waals surface area contributed by atoms with Crippen LogP contribution in [0, 0.1) is 0 Å². The van der Waals surface area contributed by atoms with Crippen LogP contribution < -0.4 is 5.32 Å². The minimum Gasteiger partial charge on any atom is -0.355 e. The number of nitrogens with one attached hydrogen (secondary N) is 1. The lowest BCUT2D eigenvalue weighted by atomic mass is 10.1. The predicted molar refractivity (Wildman–Crippen MR) is 111 cm³/mol. The van der Waals surface area contributed by atoms with E-state index in [4.69, 9.17) is 4.52 Å². The molecule has 28 heavy (non-hydrogen) atoms. The zero-order valence-electron chi connectivity index (χ0n) is 15.2. The molecule has 1 N–H and O–H groups in total. The smallest absolute Gasteiger partial charge is 0.277 e. The quantitative estimate of drug-likeness (QED) is 0.527. The van der Waals surface area contributed by atoms with E-state index in [-0.39, 0.29) is 5.69 Å². The predicted octanol–water partition coefficient (Wildman–Crippen LogP) is 4.87. The number of fused-ring (bicyclic) bond motifs is 1. The molecule has 0 aliphatic carbocycles. The van der Waals surface area contributed by atoms with E-state index in [2.05, 4.69) is 10.5 Å². The summed E-state index contributed by atoms with van der Waals surface area (Å²) >= 11 is 0. The fraction of sp³-hybridized carbons (Fsp3) is 0.0909. The average Bonchev–Trinajstić information content (AvgIpc) is 3.24. The Morgan fingerprint density at radius 2 is 1.75 bits per heavy atom. The van der Waals surface area contributed by atoms with Gasteiger partial charge in [-0.1, -0.05) is 60.6 Å². The van der Waals surface area contributed by atoms with E-state index in [0.717, 1.165) is 16.3 Å². The second-order valence-electron chi connectivity index (χ2n) is 6.22. The molecule has 4 aromatic rings. The van der Waals surface area contributed by atoms with Gasteiger partial charge >= 0.3 is 0 Å². The number of para-hydroxylation sites is 1. The summed E-state index contributed by atoms with van der Waals surface area (Å²) < 4.78 is 17.6. The first-order valence-corrected chi connectivity index (χ1v) is 10.2. The molecule has 0 radical (unpaired) electrons. The Balaban J connectivity index is 1.59. The molecule has 0 fully saturated rings. The van der Waals surface area contributed by atoms with Crippen molar-refractivity contribution >= 4 is 33.2 Å². The van der Waals surface area contributed by atoms with Gasteiger partial charge in [-0.2, -0.15) is 0 Å². The fourth-order valence-electron chi connectivity index (χ4n) is 2.97. The van der Waals surface area contributed by atoms with Crippen LogP contribution >= 0.6 is 0 Å². The van der Waals surface area contributed by atoms with Gasteiger partial charge < -0.3 is 9.84 Å². The lowest BCUT2D eigenvalue weighted by molar-refractivity contribution is 0.101. The summed E-state index contributed by atoms with van der Waals surface area (Å²) in [6.45, 7) is 1.84. The maximum Gasteiger partial charge on any atom is 0.277 e. The van der Waals surface area contributed by atoms with Gasteiger partial charge in [0.1, 0.15) is 0 Å². The van der Waals surface area contributed by atoms with Crippen LogP contribution in [0.25, 0.3) is 22.1 Å². The highest BCUT2D eigenvalue weighted by Gasteiger charge is 2.16. The Morgan fingerprint density at radius 1 is 1.00 bits per heavy atom. The SMILES string of the molecule is CCS(=O)c1ccccc1NC(=O)c1cc(-c2ccc3ccccc3c2)on1. The Hall–Kier alpha value is -3.25. The number of carbonyl (C=O) groups excluding carboxylic acids is 1. The van der Waals surface area contributed by atoms with Gasteiger partial charge in [0, 0.05) is 17.4 Å². The molecule has 1 unspecified atom stereocenters. The second-order valence-corrected chi connectivity index (χ2v) is 7.93. The van der Waals surface area contributed by atoms with Crippen molar-refractivity contribution < 1.29 is 13.5 Å². The van der Waals surface area contributed by atoms with Crippen LogP contribution in [-0.2, 0) is 10.8 Å². The van der Waals surface area contributed by atoms with Crippen molar-refractivity contribution in [2.24, 2.45) is 0 Å². The van der Waals surface area contributed by atoms with Crippen molar-refractivity contribution in [3.05, 3.63) is 78.5 Å². The van der Waals surface area contributed by atoms with Crippen molar-refractivity contribution in [2.45, 2.75) is 11.8 Å². The zero-order chi connectivity index (χ0) is 19.5. The number of nitrogens with zero attached hydrogens (tertiary/aromatic N) is 1. The zero-order valence-corrected chi connectivity index (χ0v) is 16.0. The number of amides is 1. The fourth-order valence-corrected chi connectivity index (χ4v) is 3.88. The average molecular weight is 390 g/mol. The molecule has 5 nitrogen and oxygen atoms in total. The molecule has 0 aliphatic heterocycles. The monoisotopic (exact) mass is 390 g/mol. The van der Waals surface area contributed by atoms with Gasteiger partial charge in [0.05, 0.1) is 21.4 Å². The number of rotatable bonds is 5. The van der Waals surface area contributed by atoms with Crippen molar-refractivity contribution in [1.29, 1.82) is 0 Å². The van der Waals surface area contributed by atoms with E-state index in [1.54, 1.807) is 30.3 Å². The van der Waals surface area contributed by atoms with Gasteiger partial charge in [0.15, 0.2) is 11.5 Å². The molecule has 0 spiro atoms. The van der Waals surface area contributed by atoms with E-state index in [0.29, 0.717) is 22.1 Å². The summed E-state index contributed by atoms with van der Waals surface area (Å²) in [5.74, 6) is 0.584. The molecular formula is C22H18N2O3S. The summed E-state index contributed by atoms with van der Waals surface area (Å²) in [4.78, 5) is 13.2. The molecule has 0 bridgehead atoms. The van der Waals surface area contributed by atoms with E-state index in [1.165, 1.54) is 0 Å². The van der Waals surface area contributed by atoms with E-state index >= 15 is 0 Å². The van der Waals surface area contributed by atoms with Gasteiger partial charge in [-0.15, -0.1) is 0 Å². The van der Waals surface area contributed by atoms with Crippen molar-refractivity contribution in [2.75, 3.05) is 11.1 Å². The van der Waals surface area contributed by atoms with Crippen LogP contribution in [0.15, 0.2) is 82.2 Å². The Labute approximate surface area is 164 Å². The summed E-state index contributed by atoms with van der Waals surface area (Å²) in [7, 11) is -1.17. The molecule has 1 amide bonds. The highest BCUT2D eigenvalue weighted by Crippen LogP contribution is 2.26. The first-order chi connectivity index (χ1) is 13.7. The third kappa shape index (κ3) is 3.59. The highest BCUT2D eigenvalue weighted by molar-refractivity contribution is 7.85. The first-order valence-electron chi connectivity index (χ1n) is 8.90. The molecule has 140 valence electrons. The van der Waals surface area contributed by atoms with Gasteiger partial charge in [0.25, 0.3) is 5.91 Å². The lowest BCUT2D eigenvalue weighted by Crippen LogP contribution is -2.14. The largest absolute Gasteiger partial charge is 0.355 e. The molecule has 6 heteroatoms. The molecular weight excluding hydrogens is 372 g/mol. The number of hydrogen-bond acceptors (Lipinski definition) is 4. The third-order valence-corrected chi connectivity index (χ3v) is 5.79. The van der Waals surface area contributed by atoms with Gasteiger partial charge in [0.2, 0.25) is 0 Å². The normalized spacial score (nSPS) is 12.0. The number of anilines is 1. The highest BCUT2D eigenvalue weighted by atomic mass is 32.2. The summed E-state index contributed by atoms with van der Waals surface area (Å²) in [5, 5.41) is 8.89. The molecule has 1 aromatic heterocycles. The van der Waals surface area contributed by atoms with Crippen LogP contribution in [-0.4, -0.2) is 21.0 Å². The molecule has 0 aliphatic rings. The van der Waals surface area contributed by atoms with Crippen molar-refractivity contribution in [3.8, 4) is 11.3 Å². The van der Waals surface area contributed by atoms with Crippen molar-refractivity contribution in [3.63, 3.8) is 0 Å². The van der Waals surface area contributed by atoms with Crippen LogP contribution in [0.5, 0.6) is 0 Å².